The topological polar surface area (TPSA) is 87.4 Å². The summed E-state index contributed by atoms with van der Waals surface area (Å²) in [5.41, 5.74) is 1.08. The molecule has 1 fully saturated rings. The molecule has 168 valence electrons. The quantitative estimate of drug-likeness (QED) is 0.347. The van der Waals surface area contributed by atoms with Crippen LogP contribution in [0.25, 0.3) is 0 Å². The van der Waals surface area contributed by atoms with Crippen LogP contribution < -0.4 is 10.2 Å². The van der Waals surface area contributed by atoms with Crippen LogP contribution in [0.4, 0.5) is 17.3 Å². The molecule has 0 saturated carbocycles. The van der Waals surface area contributed by atoms with Gasteiger partial charge in [0.2, 0.25) is 16.9 Å². The van der Waals surface area contributed by atoms with Crippen molar-refractivity contribution in [3.8, 4) is 0 Å². The van der Waals surface area contributed by atoms with Crippen LogP contribution in [0.3, 0.4) is 0 Å². The maximum absolute atomic E-state index is 11.8. The minimum absolute atomic E-state index is 0.00471. The number of hydrogen-bond donors (Lipinski definition) is 1. The second-order valence-corrected chi connectivity index (χ2v) is 9.03. The van der Waals surface area contributed by atoms with Gasteiger partial charge >= 0.3 is 5.69 Å². The van der Waals surface area contributed by atoms with E-state index in [0.29, 0.717) is 12.5 Å². The molecule has 2 unspecified atom stereocenters. The lowest BCUT2D eigenvalue weighted by molar-refractivity contribution is -0.383. The number of rotatable bonds is 7. The van der Waals surface area contributed by atoms with Gasteiger partial charge in [-0.25, -0.2) is 0 Å². The van der Waals surface area contributed by atoms with Crippen molar-refractivity contribution in [2.24, 2.45) is 5.92 Å². The molecule has 1 aromatic heterocycles. The minimum Gasteiger partial charge on any atom is -0.367 e. The Labute approximate surface area is 192 Å². The molecule has 0 aliphatic carbocycles. The second-order valence-electron chi connectivity index (χ2n) is 8.25. The number of nitrogens with zero attached hydrogens (tertiary/aromatic N) is 5. The predicted octanol–water partition coefficient (Wildman–Crippen LogP) is 5.03. The SMILES string of the molecule is CNc1nc(Cl)nc(N2CCN(C(CC(C)C)c3ccc(Cl)cc3)CC2C)c1[N+](=O)[O-]. The van der Waals surface area contributed by atoms with E-state index < -0.39 is 4.92 Å². The highest BCUT2D eigenvalue weighted by Crippen LogP contribution is 2.37. The summed E-state index contributed by atoms with van der Waals surface area (Å²) in [4.78, 5) is 23.9. The van der Waals surface area contributed by atoms with E-state index >= 15 is 0 Å². The Kier molecular flexibility index (Phi) is 7.56. The van der Waals surface area contributed by atoms with E-state index in [-0.39, 0.29) is 34.7 Å². The summed E-state index contributed by atoms with van der Waals surface area (Å²) in [6.45, 7) is 8.58. The molecule has 1 saturated heterocycles. The van der Waals surface area contributed by atoms with Gasteiger partial charge in [-0.2, -0.15) is 9.97 Å². The van der Waals surface area contributed by atoms with E-state index in [2.05, 4.69) is 53.1 Å². The van der Waals surface area contributed by atoms with E-state index in [1.54, 1.807) is 7.05 Å². The van der Waals surface area contributed by atoms with E-state index in [9.17, 15) is 10.1 Å². The molecule has 8 nitrogen and oxygen atoms in total. The van der Waals surface area contributed by atoms with E-state index in [1.165, 1.54) is 5.56 Å². The van der Waals surface area contributed by atoms with Crippen LogP contribution >= 0.6 is 23.2 Å². The molecule has 0 spiro atoms. The van der Waals surface area contributed by atoms with Crippen LogP contribution in [-0.2, 0) is 0 Å². The molecular formula is C21H28Cl2N6O2. The van der Waals surface area contributed by atoms with Gasteiger partial charge < -0.3 is 10.2 Å². The molecule has 2 heterocycles. The van der Waals surface area contributed by atoms with Crippen LogP contribution in [0.1, 0.15) is 38.8 Å². The molecule has 31 heavy (non-hydrogen) atoms. The van der Waals surface area contributed by atoms with Crippen LogP contribution in [0.5, 0.6) is 0 Å². The first kappa shape index (κ1) is 23.5. The number of nitrogens with one attached hydrogen (secondary N) is 1. The molecule has 0 radical (unpaired) electrons. The van der Waals surface area contributed by atoms with E-state index in [0.717, 1.165) is 24.5 Å². The average molecular weight is 467 g/mol. The zero-order valence-corrected chi connectivity index (χ0v) is 19.7. The van der Waals surface area contributed by atoms with Crippen LogP contribution in [0, 0.1) is 16.0 Å². The predicted molar refractivity (Wildman–Crippen MR) is 125 cm³/mol. The monoisotopic (exact) mass is 466 g/mol. The first-order valence-corrected chi connectivity index (χ1v) is 11.1. The molecule has 3 rings (SSSR count). The van der Waals surface area contributed by atoms with E-state index in [4.69, 9.17) is 23.2 Å². The molecular weight excluding hydrogens is 439 g/mol. The molecule has 1 aliphatic rings. The van der Waals surface area contributed by atoms with E-state index in [1.807, 2.05) is 17.0 Å². The smallest absolute Gasteiger partial charge is 0.353 e. The van der Waals surface area contributed by atoms with Crippen molar-refractivity contribution in [2.75, 3.05) is 36.9 Å². The van der Waals surface area contributed by atoms with Gasteiger partial charge in [-0.15, -0.1) is 0 Å². The summed E-state index contributed by atoms with van der Waals surface area (Å²) in [7, 11) is 1.58. The number of halogens is 2. The fourth-order valence-electron chi connectivity index (χ4n) is 4.17. The van der Waals surface area contributed by atoms with Gasteiger partial charge in [0, 0.05) is 43.8 Å². The third-order valence-electron chi connectivity index (χ3n) is 5.58. The molecule has 10 heteroatoms. The third kappa shape index (κ3) is 5.37. The Bertz CT molecular complexity index is 925. The molecule has 0 amide bonds. The number of piperazine rings is 1. The lowest BCUT2D eigenvalue weighted by Gasteiger charge is -2.44. The van der Waals surface area contributed by atoms with Crippen molar-refractivity contribution in [1.29, 1.82) is 0 Å². The molecule has 1 aromatic carbocycles. The summed E-state index contributed by atoms with van der Waals surface area (Å²) in [5, 5.41) is 15.2. The van der Waals surface area contributed by atoms with Gasteiger partial charge in [-0.3, -0.25) is 15.0 Å². The number of benzene rings is 1. The second kappa shape index (κ2) is 9.97. The molecule has 2 atom stereocenters. The number of aromatic nitrogens is 2. The van der Waals surface area contributed by atoms with Gasteiger partial charge in [0.1, 0.15) is 0 Å². The van der Waals surface area contributed by atoms with Crippen molar-refractivity contribution in [3.63, 3.8) is 0 Å². The Hall–Kier alpha value is -2.16. The Morgan fingerprint density at radius 1 is 1.23 bits per heavy atom. The van der Waals surface area contributed by atoms with Crippen molar-refractivity contribution >= 4 is 40.5 Å². The maximum atomic E-state index is 11.8. The van der Waals surface area contributed by atoms with Crippen LogP contribution in [0.2, 0.25) is 10.3 Å². The molecule has 0 bridgehead atoms. The molecule has 1 aliphatic heterocycles. The summed E-state index contributed by atoms with van der Waals surface area (Å²) >= 11 is 12.2. The van der Waals surface area contributed by atoms with Crippen molar-refractivity contribution in [3.05, 3.63) is 50.2 Å². The first-order chi connectivity index (χ1) is 14.7. The fourth-order valence-corrected chi connectivity index (χ4v) is 4.46. The number of hydrogen-bond acceptors (Lipinski definition) is 7. The third-order valence-corrected chi connectivity index (χ3v) is 6.00. The largest absolute Gasteiger partial charge is 0.367 e. The minimum atomic E-state index is -0.453. The highest BCUT2D eigenvalue weighted by molar-refractivity contribution is 6.30. The van der Waals surface area contributed by atoms with Crippen molar-refractivity contribution in [2.45, 2.75) is 39.3 Å². The Morgan fingerprint density at radius 3 is 2.45 bits per heavy atom. The van der Waals surface area contributed by atoms with Crippen LogP contribution in [0.15, 0.2) is 24.3 Å². The maximum Gasteiger partial charge on any atom is 0.353 e. The Morgan fingerprint density at radius 2 is 1.90 bits per heavy atom. The van der Waals surface area contributed by atoms with Crippen LogP contribution in [-0.4, -0.2) is 52.5 Å². The van der Waals surface area contributed by atoms with Crippen molar-refractivity contribution in [1.82, 2.24) is 14.9 Å². The highest BCUT2D eigenvalue weighted by Gasteiger charge is 2.35. The first-order valence-electron chi connectivity index (χ1n) is 10.4. The summed E-state index contributed by atoms with van der Waals surface area (Å²) < 4.78 is 0. The zero-order chi connectivity index (χ0) is 22.7. The summed E-state index contributed by atoms with van der Waals surface area (Å²) in [6, 6.07) is 8.27. The molecule has 2 aromatic rings. The lowest BCUT2D eigenvalue weighted by atomic mass is 9.94. The van der Waals surface area contributed by atoms with Gasteiger partial charge in [0.05, 0.1) is 4.92 Å². The average Bonchev–Trinajstić information content (AvgIpc) is 2.71. The zero-order valence-electron chi connectivity index (χ0n) is 18.2. The Balaban J connectivity index is 1.88. The standard InChI is InChI=1S/C21H28Cl2N6O2/c1-13(2)11-17(15-5-7-16(22)8-6-15)27-9-10-28(14(3)12-27)20-18(29(30)31)19(24-4)25-21(23)26-20/h5-8,13-14,17H,9-12H2,1-4H3,(H,24,25,26). The van der Waals surface area contributed by atoms with Gasteiger partial charge in [0.25, 0.3) is 0 Å². The molecule has 1 N–H and O–H groups in total. The normalized spacial score (nSPS) is 18.3. The summed E-state index contributed by atoms with van der Waals surface area (Å²) in [6.07, 6.45) is 1.01. The highest BCUT2D eigenvalue weighted by atomic mass is 35.5. The van der Waals surface area contributed by atoms with Crippen molar-refractivity contribution < 1.29 is 4.92 Å². The van der Waals surface area contributed by atoms with Gasteiger partial charge in [0.15, 0.2) is 0 Å². The van der Waals surface area contributed by atoms with Gasteiger partial charge in [-0.05, 0) is 48.6 Å². The number of nitro groups is 1. The number of anilines is 2. The van der Waals surface area contributed by atoms with Gasteiger partial charge in [-0.1, -0.05) is 37.6 Å². The fraction of sp³-hybridized carbons (Fsp3) is 0.524. The summed E-state index contributed by atoms with van der Waals surface area (Å²) in [5.74, 6) is 0.899. The lowest BCUT2D eigenvalue weighted by Crippen LogP contribution is -2.53.